The number of para-hydroxylation sites is 2. The number of hydrogen-bond acceptors (Lipinski definition) is 4. The number of aliphatic imine (C=N–C) groups is 1. The van der Waals surface area contributed by atoms with Gasteiger partial charge in [-0.05, 0) is 61.7 Å². The molecule has 0 unspecified atom stereocenters. The Balaban J connectivity index is 1.65. The van der Waals surface area contributed by atoms with E-state index < -0.39 is 11.7 Å². The van der Waals surface area contributed by atoms with Gasteiger partial charge in [-0.2, -0.15) is 0 Å². The first-order chi connectivity index (χ1) is 15.2. The predicted octanol–water partition coefficient (Wildman–Crippen LogP) is 4.58. The molecule has 1 heterocycles. The third-order valence-corrected chi connectivity index (χ3v) is 4.27. The van der Waals surface area contributed by atoms with Crippen LogP contribution < -0.4 is 26.1 Å². The highest BCUT2D eigenvalue weighted by molar-refractivity contribution is 5.94. The van der Waals surface area contributed by atoms with Crippen LogP contribution in [0.1, 0.15) is 20.8 Å². The lowest BCUT2D eigenvalue weighted by atomic mass is 10.1. The molecule has 1 aromatic heterocycles. The molecule has 0 atom stereocenters. The molecule has 32 heavy (non-hydrogen) atoms. The van der Waals surface area contributed by atoms with E-state index in [0.29, 0.717) is 17.3 Å². The predicted molar refractivity (Wildman–Crippen MR) is 126 cm³/mol. The molecule has 8 heteroatoms. The maximum atomic E-state index is 11.9. The third kappa shape index (κ3) is 6.46. The van der Waals surface area contributed by atoms with Gasteiger partial charge in [0.05, 0.1) is 19.0 Å². The van der Waals surface area contributed by atoms with E-state index in [0.717, 1.165) is 16.8 Å². The number of guanidine groups is 1. The van der Waals surface area contributed by atoms with E-state index in [2.05, 4.69) is 20.6 Å². The Morgan fingerprint density at radius 3 is 2.28 bits per heavy atom. The topological polar surface area (TPSA) is 112 Å². The lowest BCUT2D eigenvalue weighted by Crippen LogP contribution is -2.27. The number of methoxy groups -OCH3 is 1. The molecule has 3 aromatic rings. The van der Waals surface area contributed by atoms with Crippen LogP contribution in [0.2, 0.25) is 0 Å². The molecular weight excluding hydrogens is 406 g/mol. The average molecular weight is 435 g/mol. The maximum absolute atomic E-state index is 11.9. The summed E-state index contributed by atoms with van der Waals surface area (Å²) in [5.41, 5.74) is 8.80. The number of nitrogens with one attached hydrogen (secondary N) is 3. The van der Waals surface area contributed by atoms with Crippen molar-refractivity contribution < 1.29 is 19.3 Å². The quantitative estimate of drug-likeness (QED) is 0.402. The molecule has 3 rings (SSSR count). The fraction of sp³-hybridized carbons (Fsp3) is 0.208. The first-order valence-corrected chi connectivity index (χ1v) is 10.1. The van der Waals surface area contributed by atoms with Crippen LogP contribution in [-0.2, 0) is 4.74 Å². The minimum Gasteiger partial charge on any atom is -0.495 e. The van der Waals surface area contributed by atoms with Crippen molar-refractivity contribution in [3.05, 3.63) is 66.9 Å². The fourth-order valence-electron chi connectivity index (χ4n) is 2.88. The number of anilines is 2. The minimum atomic E-state index is -0.545. The molecule has 166 valence electrons. The number of hydrogen-bond donors (Lipinski definition) is 3. The summed E-state index contributed by atoms with van der Waals surface area (Å²) < 4.78 is 10.6. The maximum Gasteiger partial charge on any atom is 0.412 e. The highest BCUT2D eigenvalue weighted by Crippen LogP contribution is 2.24. The van der Waals surface area contributed by atoms with Crippen LogP contribution in [0.4, 0.5) is 22.0 Å². The van der Waals surface area contributed by atoms with Crippen molar-refractivity contribution in [1.29, 1.82) is 0 Å². The van der Waals surface area contributed by atoms with E-state index in [1.54, 1.807) is 7.11 Å². The molecule has 0 aliphatic heterocycles. The molecule has 2 aromatic carbocycles. The SMILES string of the molecule is COc1ccccc1NC(N)=Nc1ccc(-c2ccc(NC(=O)OC(C)(C)C)cc2)c[nH+]1. The molecule has 0 saturated heterocycles. The Labute approximate surface area is 187 Å². The Bertz CT molecular complexity index is 1090. The third-order valence-electron chi connectivity index (χ3n) is 4.27. The smallest absolute Gasteiger partial charge is 0.412 e. The zero-order valence-electron chi connectivity index (χ0n) is 18.6. The summed E-state index contributed by atoms with van der Waals surface area (Å²) in [7, 11) is 1.60. The van der Waals surface area contributed by atoms with Crippen LogP contribution in [0.3, 0.4) is 0 Å². The van der Waals surface area contributed by atoms with Gasteiger partial charge in [-0.25, -0.2) is 9.78 Å². The van der Waals surface area contributed by atoms with E-state index in [9.17, 15) is 4.79 Å². The molecule has 1 amide bonds. The zero-order valence-corrected chi connectivity index (χ0v) is 18.6. The molecule has 0 fully saturated rings. The van der Waals surface area contributed by atoms with E-state index in [1.807, 2.05) is 87.6 Å². The van der Waals surface area contributed by atoms with Crippen molar-refractivity contribution in [3.63, 3.8) is 0 Å². The van der Waals surface area contributed by atoms with Crippen molar-refractivity contribution in [2.45, 2.75) is 26.4 Å². The van der Waals surface area contributed by atoms with Gasteiger partial charge in [-0.15, -0.1) is 0 Å². The summed E-state index contributed by atoms with van der Waals surface area (Å²) in [6, 6.07) is 18.7. The summed E-state index contributed by atoms with van der Waals surface area (Å²) in [5.74, 6) is 1.50. The highest BCUT2D eigenvalue weighted by Gasteiger charge is 2.16. The number of H-pyrrole nitrogens is 1. The van der Waals surface area contributed by atoms with Crippen molar-refractivity contribution in [2.24, 2.45) is 10.7 Å². The Kier molecular flexibility index (Phi) is 6.94. The summed E-state index contributed by atoms with van der Waals surface area (Å²) in [6.07, 6.45) is 1.35. The number of carbonyl (C=O) groups is 1. The van der Waals surface area contributed by atoms with Gasteiger partial charge < -0.3 is 20.5 Å². The Hall–Kier alpha value is -4.07. The van der Waals surface area contributed by atoms with Crippen molar-refractivity contribution in [2.75, 3.05) is 17.7 Å². The molecule has 0 spiro atoms. The van der Waals surface area contributed by atoms with E-state index >= 15 is 0 Å². The first-order valence-electron chi connectivity index (χ1n) is 10.1. The van der Waals surface area contributed by atoms with Crippen molar-refractivity contribution >= 4 is 29.2 Å². The van der Waals surface area contributed by atoms with Gasteiger partial charge in [0.2, 0.25) is 0 Å². The van der Waals surface area contributed by atoms with Crippen molar-refractivity contribution in [1.82, 2.24) is 0 Å². The van der Waals surface area contributed by atoms with Crippen LogP contribution in [0.5, 0.6) is 5.75 Å². The normalized spacial score (nSPS) is 11.6. The summed E-state index contributed by atoms with van der Waals surface area (Å²) in [4.78, 5) is 19.4. The summed E-state index contributed by atoms with van der Waals surface area (Å²) >= 11 is 0. The number of benzene rings is 2. The number of carbonyl (C=O) groups excluding carboxylic acids is 1. The lowest BCUT2D eigenvalue weighted by Gasteiger charge is -2.19. The van der Waals surface area contributed by atoms with Crippen molar-refractivity contribution in [3.8, 4) is 16.9 Å². The van der Waals surface area contributed by atoms with E-state index in [1.165, 1.54) is 0 Å². The van der Waals surface area contributed by atoms with Gasteiger partial charge in [-0.1, -0.05) is 24.3 Å². The molecule has 0 bridgehead atoms. The van der Waals surface area contributed by atoms with Gasteiger partial charge in [0, 0.05) is 17.3 Å². The number of nitrogens with zero attached hydrogens (tertiary/aromatic N) is 1. The zero-order chi connectivity index (χ0) is 23.1. The van der Waals surface area contributed by atoms with Crippen LogP contribution in [0.15, 0.2) is 71.9 Å². The number of pyridine rings is 1. The fourth-order valence-corrected chi connectivity index (χ4v) is 2.88. The van der Waals surface area contributed by atoms with Gasteiger partial charge in [0.25, 0.3) is 0 Å². The van der Waals surface area contributed by atoms with E-state index in [4.69, 9.17) is 15.2 Å². The number of aromatic amines is 1. The van der Waals surface area contributed by atoms with Gasteiger partial charge in [0.1, 0.15) is 11.4 Å². The minimum absolute atomic E-state index is 0.232. The second-order valence-electron chi connectivity index (χ2n) is 7.99. The molecular formula is C24H28N5O3+. The number of ether oxygens (including phenoxy) is 2. The first kappa shape index (κ1) is 22.6. The second-order valence-corrected chi connectivity index (χ2v) is 7.99. The molecule has 8 nitrogen and oxygen atoms in total. The second kappa shape index (κ2) is 9.82. The van der Waals surface area contributed by atoms with E-state index in [-0.39, 0.29) is 5.96 Å². The Morgan fingerprint density at radius 1 is 0.969 bits per heavy atom. The number of amides is 1. The summed E-state index contributed by atoms with van der Waals surface area (Å²) in [5, 5.41) is 5.75. The standard InChI is InChI=1S/C24H27N5O3/c1-24(2,3)32-23(30)27-18-12-9-16(10-13-18)17-11-14-21(26-15-17)29-22(25)28-19-7-5-6-8-20(19)31-4/h5-15H,1-4H3,(H,27,30)(H3,25,26,28,29)/p+1. The van der Waals surface area contributed by atoms with Crippen LogP contribution >= 0.6 is 0 Å². The number of aromatic nitrogens is 1. The van der Waals surface area contributed by atoms with Crippen LogP contribution in [-0.4, -0.2) is 24.8 Å². The molecule has 5 N–H and O–H groups in total. The molecule has 0 radical (unpaired) electrons. The van der Waals surface area contributed by atoms with Gasteiger partial charge in [0.15, 0.2) is 0 Å². The monoisotopic (exact) mass is 434 g/mol. The van der Waals surface area contributed by atoms with Crippen LogP contribution in [0.25, 0.3) is 11.1 Å². The number of nitrogens with two attached hydrogens (primary N) is 1. The molecule has 0 aliphatic carbocycles. The van der Waals surface area contributed by atoms with Crippen LogP contribution in [0, 0.1) is 0 Å². The van der Waals surface area contributed by atoms with Gasteiger partial charge in [-0.3, -0.25) is 5.32 Å². The largest absolute Gasteiger partial charge is 0.495 e. The Morgan fingerprint density at radius 2 is 1.66 bits per heavy atom. The molecule has 0 aliphatic rings. The average Bonchev–Trinajstić information content (AvgIpc) is 2.74. The molecule has 0 saturated carbocycles. The number of rotatable bonds is 5. The summed E-state index contributed by atoms with van der Waals surface area (Å²) in [6.45, 7) is 5.46. The highest BCUT2D eigenvalue weighted by atomic mass is 16.6. The van der Waals surface area contributed by atoms with Gasteiger partial charge >= 0.3 is 17.9 Å². The lowest BCUT2D eigenvalue weighted by molar-refractivity contribution is -0.361.